The van der Waals surface area contributed by atoms with Gasteiger partial charge in [0.15, 0.2) is 0 Å². The second-order valence-electron chi connectivity index (χ2n) is 4.88. The summed E-state index contributed by atoms with van der Waals surface area (Å²) in [5, 5.41) is 16.7. The van der Waals surface area contributed by atoms with Gasteiger partial charge in [-0.2, -0.15) is 0 Å². The van der Waals surface area contributed by atoms with Crippen molar-refractivity contribution in [2.24, 2.45) is 0 Å². The monoisotopic (exact) mass is 272 g/mol. The molecule has 6 heteroatoms. The Balaban J connectivity index is 1.70. The Hall–Kier alpha value is -2.21. The topological polar surface area (TPSA) is 71.2 Å². The Morgan fingerprint density at radius 1 is 1.30 bits per heavy atom. The summed E-state index contributed by atoms with van der Waals surface area (Å²) in [6, 6.07) is 8.19. The van der Waals surface area contributed by atoms with Gasteiger partial charge in [-0.25, -0.2) is 4.68 Å². The third-order valence-corrected chi connectivity index (χ3v) is 3.63. The summed E-state index contributed by atoms with van der Waals surface area (Å²) in [7, 11) is 0. The molecule has 0 saturated carbocycles. The van der Waals surface area contributed by atoms with Crippen LogP contribution in [0, 0.1) is 0 Å². The van der Waals surface area contributed by atoms with Gasteiger partial charge < -0.3 is 10.0 Å². The zero-order chi connectivity index (χ0) is 13.9. The summed E-state index contributed by atoms with van der Waals surface area (Å²) in [5.41, 5.74) is 3.07. The van der Waals surface area contributed by atoms with Crippen LogP contribution in [-0.4, -0.2) is 37.5 Å². The van der Waals surface area contributed by atoms with Crippen LogP contribution in [0.15, 0.2) is 30.5 Å². The van der Waals surface area contributed by atoms with Gasteiger partial charge in [-0.1, -0.05) is 29.5 Å². The Labute approximate surface area is 116 Å². The van der Waals surface area contributed by atoms with Gasteiger partial charge in [0.05, 0.1) is 18.5 Å². The van der Waals surface area contributed by atoms with Crippen LogP contribution in [0.1, 0.15) is 16.8 Å². The molecule has 1 aromatic heterocycles. The highest BCUT2D eigenvalue weighted by Crippen LogP contribution is 2.18. The van der Waals surface area contributed by atoms with Gasteiger partial charge in [0.2, 0.25) is 5.91 Å². The summed E-state index contributed by atoms with van der Waals surface area (Å²) >= 11 is 0. The van der Waals surface area contributed by atoms with Crippen LogP contribution >= 0.6 is 0 Å². The SMILES string of the molecule is O=C(Cn1nncc1CO)N1CCc2ccccc2C1. The lowest BCUT2D eigenvalue weighted by Crippen LogP contribution is -2.38. The number of carbonyl (C=O) groups is 1. The van der Waals surface area contributed by atoms with Crippen molar-refractivity contribution in [2.45, 2.75) is 26.1 Å². The maximum atomic E-state index is 12.3. The average molecular weight is 272 g/mol. The molecule has 0 atom stereocenters. The van der Waals surface area contributed by atoms with Crippen LogP contribution < -0.4 is 0 Å². The second-order valence-corrected chi connectivity index (χ2v) is 4.88. The molecule has 6 nitrogen and oxygen atoms in total. The quantitative estimate of drug-likeness (QED) is 0.875. The molecule has 1 N–H and O–H groups in total. The van der Waals surface area contributed by atoms with Crippen molar-refractivity contribution in [3.8, 4) is 0 Å². The Morgan fingerprint density at radius 2 is 2.10 bits per heavy atom. The van der Waals surface area contributed by atoms with Gasteiger partial charge >= 0.3 is 0 Å². The minimum atomic E-state index is -0.164. The lowest BCUT2D eigenvalue weighted by atomic mass is 10.00. The molecule has 0 fully saturated rings. The van der Waals surface area contributed by atoms with E-state index >= 15 is 0 Å². The summed E-state index contributed by atoms with van der Waals surface area (Å²) in [4.78, 5) is 14.1. The fourth-order valence-electron chi connectivity index (χ4n) is 2.47. The molecule has 0 aliphatic carbocycles. The first kappa shape index (κ1) is 12.8. The average Bonchev–Trinajstić information content (AvgIpc) is 2.94. The number of hydrogen-bond acceptors (Lipinski definition) is 4. The van der Waals surface area contributed by atoms with Crippen LogP contribution in [0.4, 0.5) is 0 Å². The maximum Gasteiger partial charge on any atom is 0.244 e. The van der Waals surface area contributed by atoms with E-state index in [1.54, 1.807) is 0 Å². The van der Waals surface area contributed by atoms with Crippen molar-refractivity contribution in [3.05, 3.63) is 47.3 Å². The fourth-order valence-corrected chi connectivity index (χ4v) is 2.47. The molecule has 20 heavy (non-hydrogen) atoms. The van der Waals surface area contributed by atoms with E-state index in [4.69, 9.17) is 5.11 Å². The van der Waals surface area contributed by atoms with Crippen LogP contribution in [-0.2, 0) is 30.9 Å². The minimum absolute atomic E-state index is 0.000275. The Kier molecular flexibility index (Phi) is 3.47. The molecular formula is C14H16N4O2. The van der Waals surface area contributed by atoms with E-state index in [1.807, 2.05) is 17.0 Å². The van der Waals surface area contributed by atoms with Gasteiger partial charge in [-0.05, 0) is 17.5 Å². The molecule has 0 saturated heterocycles. The van der Waals surface area contributed by atoms with E-state index in [2.05, 4.69) is 22.4 Å². The normalized spacial score (nSPS) is 14.2. The summed E-state index contributed by atoms with van der Waals surface area (Å²) in [6.07, 6.45) is 2.35. The molecule has 1 aliphatic heterocycles. The van der Waals surface area contributed by atoms with Gasteiger partial charge in [0.25, 0.3) is 0 Å². The molecule has 1 aromatic carbocycles. The second kappa shape index (κ2) is 5.42. The van der Waals surface area contributed by atoms with E-state index in [-0.39, 0.29) is 19.1 Å². The van der Waals surface area contributed by atoms with Gasteiger partial charge in [0.1, 0.15) is 6.54 Å². The standard InChI is InChI=1S/C14H16N4O2/c19-10-13-7-15-16-18(13)9-14(20)17-6-5-11-3-1-2-4-12(11)8-17/h1-4,7,19H,5-6,8-10H2. The lowest BCUT2D eigenvalue weighted by Gasteiger charge is -2.28. The summed E-state index contributed by atoms with van der Waals surface area (Å²) in [5.74, 6) is -0.000275. The number of aliphatic hydroxyl groups is 1. The molecular weight excluding hydrogens is 256 g/mol. The number of fused-ring (bicyclic) bond motifs is 1. The molecule has 2 aromatic rings. The van der Waals surface area contributed by atoms with Crippen LogP contribution in [0.25, 0.3) is 0 Å². The molecule has 0 spiro atoms. The van der Waals surface area contributed by atoms with E-state index in [9.17, 15) is 4.79 Å². The lowest BCUT2D eigenvalue weighted by molar-refractivity contribution is -0.133. The molecule has 3 rings (SSSR count). The molecule has 2 heterocycles. The number of rotatable bonds is 3. The number of aliphatic hydroxyl groups excluding tert-OH is 1. The molecule has 0 radical (unpaired) electrons. The maximum absolute atomic E-state index is 12.3. The van der Waals surface area contributed by atoms with Crippen molar-refractivity contribution in [3.63, 3.8) is 0 Å². The van der Waals surface area contributed by atoms with Crippen LogP contribution in [0.3, 0.4) is 0 Å². The van der Waals surface area contributed by atoms with Crippen molar-refractivity contribution in [2.75, 3.05) is 6.54 Å². The number of nitrogens with zero attached hydrogens (tertiary/aromatic N) is 4. The van der Waals surface area contributed by atoms with Crippen molar-refractivity contribution < 1.29 is 9.90 Å². The highest BCUT2D eigenvalue weighted by Gasteiger charge is 2.21. The molecule has 104 valence electrons. The minimum Gasteiger partial charge on any atom is -0.390 e. The Bertz CT molecular complexity index is 623. The van der Waals surface area contributed by atoms with Gasteiger partial charge in [-0.3, -0.25) is 4.79 Å². The summed E-state index contributed by atoms with van der Waals surface area (Å²) < 4.78 is 1.45. The zero-order valence-electron chi connectivity index (χ0n) is 11.1. The number of carbonyl (C=O) groups excluding carboxylic acids is 1. The van der Waals surface area contributed by atoms with E-state index in [0.29, 0.717) is 12.2 Å². The van der Waals surface area contributed by atoms with Crippen LogP contribution in [0.2, 0.25) is 0 Å². The van der Waals surface area contributed by atoms with Crippen LogP contribution in [0.5, 0.6) is 0 Å². The fraction of sp³-hybridized carbons (Fsp3) is 0.357. The van der Waals surface area contributed by atoms with Gasteiger partial charge in [-0.15, -0.1) is 5.10 Å². The molecule has 1 aliphatic rings. The molecule has 0 bridgehead atoms. The van der Waals surface area contributed by atoms with E-state index in [1.165, 1.54) is 22.0 Å². The predicted molar refractivity (Wildman–Crippen MR) is 71.5 cm³/mol. The summed E-state index contributed by atoms with van der Waals surface area (Å²) in [6.45, 7) is 1.32. The first-order valence-electron chi connectivity index (χ1n) is 6.60. The number of amides is 1. The number of aromatic nitrogens is 3. The van der Waals surface area contributed by atoms with Crippen molar-refractivity contribution >= 4 is 5.91 Å². The third-order valence-electron chi connectivity index (χ3n) is 3.63. The first-order valence-corrected chi connectivity index (χ1v) is 6.60. The first-order chi connectivity index (χ1) is 9.78. The number of benzene rings is 1. The number of hydrogen-bond donors (Lipinski definition) is 1. The molecule has 0 unspecified atom stereocenters. The smallest absolute Gasteiger partial charge is 0.244 e. The zero-order valence-corrected chi connectivity index (χ0v) is 11.1. The Morgan fingerprint density at radius 3 is 2.90 bits per heavy atom. The highest BCUT2D eigenvalue weighted by molar-refractivity contribution is 5.76. The van der Waals surface area contributed by atoms with Gasteiger partial charge in [0, 0.05) is 13.1 Å². The third kappa shape index (κ3) is 2.42. The van der Waals surface area contributed by atoms with Crippen molar-refractivity contribution in [1.29, 1.82) is 0 Å². The molecule has 1 amide bonds. The predicted octanol–water partition coefficient (Wildman–Crippen LogP) is 0.355. The van der Waals surface area contributed by atoms with E-state index in [0.717, 1.165) is 13.0 Å². The van der Waals surface area contributed by atoms with E-state index < -0.39 is 0 Å². The largest absolute Gasteiger partial charge is 0.390 e. The van der Waals surface area contributed by atoms with Crippen molar-refractivity contribution in [1.82, 2.24) is 19.9 Å². The highest BCUT2D eigenvalue weighted by atomic mass is 16.3.